The number of rotatable bonds is 4. The first-order valence-corrected chi connectivity index (χ1v) is 11.9. The van der Waals surface area contributed by atoms with Crippen LogP contribution in [-0.4, -0.2) is 52.2 Å². The molecule has 3 aliphatic rings. The first-order valence-electron chi connectivity index (χ1n) is 11.0. The Bertz CT molecular complexity index is 1130. The van der Waals surface area contributed by atoms with E-state index in [0.29, 0.717) is 16.9 Å². The van der Waals surface area contributed by atoms with Crippen LogP contribution in [0.15, 0.2) is 12.3 Å². The SMILES string of the molecule is CCC12CC(=O)CN1C(=O)c1cc(-c3nc(N[C@H]4CCNC[C@H]4C)ncc3C(F)(F)F)sc12. The lowest BCUT2D eigenvalue weighted by Crippen LogP contribution is -2.42. The van der Waals surface area contributed by atoms with E-state index in [4.69, 9.17) is 0 Å². The Hall–Kier alpha value is -2.53. The number of hydrogen-bond donors (Lipinski definition) is 2. The van der Waals surface area contributed by atoms with Crippen LogP contribution < -0.4 is 10.6 Å². The van der Waals surface area contributed by atoms with Gasteiger partial charge in [0, 0.05) is 23.5 Å². The van der Waals surface area contributed by atoms with Gasteiger partial charge in [-0.25, -0.2) is 9.97 Å². The minimum absolute atomic E-state index is 0.0357. The van der Waals surface area contributed by atoms with E-state index in [2.05, 4.69) is 27.5 Å². The zero-order chi connectivity index (χ0) is 23.5. The summed E-state index contributed by atoms with van der Waals surface area (Å²) >= 11 is 1.12. The fourth-order valence-corrected chi connectivity index (χ4v) is 6.57. The van der Waals surface area contributed by atoms with Gasteiger partial charge in [0.1, 0.15) is 5.56 Å². The number of nitrogens with zero attached hydrogens (tertiary/aromatic N) is 3. The maximum absolute atomic E-state index is 13.9. The highest BCUT2D eigenvalue weighted by Crippen LogP contribution is 2.53. The minimum atomic E-state index is -4.65. The molecule has 5 rings (SSSR count). The standard InChI is InChI=1S/C22H24F3N5O2S/c1-3-21-7-12(31)10-30(21)19(32)13-6-16(33-18(13)21)17-14(22(23,24)25)9-27-20(29-17)28-15-4-5-26-8-11(15)2/h6,9,11,15,26H,3-5,7-8,10H2,1-2H3,(H,27,28,29)/t11-,15+,21?/m1/s1. The number of halogens is 3. The minimum Gasteiger partial charge on any atom is -0.351 e. The quantitative estimate of drug-likeness (QED) is 0.696. The Morgan fingerprint density at radius 3 is 2.85 bits per heavy atom. The number of hydrogen-bond acceptors (Lipinski definition) is 7. The number of ketones is 1. The summed E-state index contributed by atoms with van der Waals surface area (Å²) in [5.41, 5.74) is -1.57. The molecule has 1 unspecified atom stereocenters. The first-order chi connectivity index (χ1) is 15.6. The second-order valence-electron chi connectivity index (χ2n) is 9.02. The lowest BCUT2D eigenvalue weighted by Gasteiger charge is -2.30. The number of carbonyl (C=O) groups excluding carboxylic acids is 2. The van der Waals surface area contributed by atoms with Crippen molar-refractivity contribution in [2.75, 3.05) is 25.0 Å². The molecule has 3 aliphatic heterocycles. The summed E-state index contributed by atoms with van der Waals surface area (Å²) in [6, 6.07) is 1.55. The van der Waals surface area contributed by atoms with Gasteiger partial charge < -0.3 is 15.5 Å². The van der Waals surface area contributed by atoms with Crippen molar-refractivity contribution in [3.05, 3.63) is 28.3 Å². The van der Waals surface area contributed by atoms with Crippen LogP contribution in [0.1, 0.15) is 53.9 Å². The summed E-state index contributed by atoms with van der Waals surface area (Å²) in [5.74, 6) is 0.0714. The molecule has 2 aromatic rings. The number of fused-ring (bicyclic) bond motifs is 3. The maximum atomic E-state index is 13.9. The smallest absolute Gasteiger partial charge is 0.351 e. The average molecular weight is 480 g/mol. The van der Waals surface area contributed by atoms with Crippen molar-refractivity contribution in [2.24, 2.45) is 5.92 Å². The molecular formula is C22H24F3N5O2S. The van der Waals surface area contributed by atoms with Crippen LogP contribution in [0.25, 0.3) is 10.6 Å². The number of piperidine rings is 1. The van der Waals surface area contributed by atoms with E-state index >= 15 is 0 Å². The molecule has 11 heteroatoms. The van der Waals surface area contributed by atoms with Crippen molar-refractivity contribution in [3.8, 4) is 10.6 Å². The van der Waals surface area contributed by atoms with E-state index in [0.717, 1.165) is 37.0 Å². The lowest BCUT2D eigenvalue weighted by atomic mass is 9.92. The van der Waals surface area contributed by atoms with Gasteiger partial charge >= 0.3 is 6.18 Å². The van der Waals surface area contributed by atoms with Crippen molar-refractivity contribution in [1.29, 1.82) is 0 Å². The third-order valence-electron chi connectivity index (χ3n) is 6.98. The van der Waals surface area contributed by atoms with Crippen molar-refractivity contribution < 1.29 is 22.8 Å². The molecule has 2 fully saturated rings. The summed E-state index contributed by atoms with van der Waals surface area (Å²) in [5, 5.41) is 6.48. The Morgan fingerprint density at radius 1 is 1.36 bits per heavy atom. The summed E-state index contributed by atoms with van der Waals surface area (Å²) in [6.07, 6.45) is -2.31. The second-order valence-corrected chi connectivity index (χ2v) is 10.1. The first kappa shape index (κ1) is 22.3. The highest BCUT2D eigenvalue weighted by Gasteiger charge is 2.55. The summed E-state index contributed by atoms with van der Waals surface area (Å²) < 4.78 is 41.6. The van der Waals surface area contributed by atoms with Crippen LogP contribution in [-0.2, 0) is 16.5 Å². The predicted molar refractivity (Wildman–Crippen MR) is 117 cm³/mol. The van der Waals surface area contributed by atoms with Gasteiger partial charge in [-0.1, -0.05) is 13.8 Å². The van der Waals surface area contributed by atoms with Gasteiger partial charge in [-0.2, -0.15) is 13.2 Å². The lowest BCUT2D eigenvalue weighted by molar-refractivity contribution is -0.137. The Morgan fingerprint density at radius 2 is 2.15 bits per heavy atom. The normalized spacial score (nSPS) is 27.1. The van der Waals surface area contributed by atoms with Crippen molar-refractivity contribution in [1.82, 2.24) is 20.2 Å². The monoisotopic (exact) mass is 479 g/mol. The van der Waals surface area contributed by atoms with Gasteiger partial charge in [0.25, 0.3) is 5.91 Å². The number of nitrogens with one attached hydrogen (secondary N) is 2. The van der Waals surface area contributed by atoms with Crippen molar-refractivity contribution in [2.45, 2.75) is 50.9 Å². The van der Waals surface area contributed by atoms with Crippen LogP contribution >= 0.6 is 11.3 Å². The summed E-state index contributed by atoms with van der Waals surface area (Å²) in [6.45, 7) is 5.61. The van der Waals surface area contributed by atoms with Gasteiger partial charge in [-0.05, 0) is 37.9 Å². The highest BCUT2D eigenvalue weighted by molar-refractivity contribution is 7.16. The van der Waals surface area contributed by atoms with E-state index in [-0.39, 0.29) is 53.1 Å². The molecule has 2 N–H and O–H groups in total. The Kier molecular flexibility index (Phi) is 5.24. The van der Waals surface area contributed by atoms with Gasteiger partial charge in [0.05, 0.1) is 28.2 Å². The molecule has 176 valence electrons. The van der Waals surface area contributed by atoms with Crippen LogP contribution in [0.3, 0.4) is 0 Å². The van der Waals surface area contributed by atoms with Crippen LogP contribution in [0.5, 0.6) is 0 Å². The number of aromatic nitrogens is 2. The molecule has 0 saturated carbocycles. The molecule has 0 aromatic carbocycles. The Labute approximate surface area is 192 Å². The summed E-state index contributed by atoms with van der Waals surface area (Å²) in [4.78, 5) is 35.8. The molecule has 0 bridgehead atoms. The molecular weight excluding hydrogens is 455 g/mol. The van der Waals surface area contributed by atoms with Crippen molar-refractivity contribution >= 4 is 29.0 Å². The van der Waals surface area contributed by atoms with Gasteiger partial charge in [0.2, 0.25) is 5.95 Å². The summed E-state index contributed by atoms with van der Waals surface area (Å²) in [7, 11) is 0. The van der Waals surface area contributed by atoms with Crippen LogP contribution in [0.4, 0.5) is 19.1 Å². The number of amides is 1. The van der Waals surface area contributed by atoms with Gasteiger partial charge in [-0.3, -0.25) is 9.59 Å². The zero-order valence-corrected chi connectivity index (χ0v) is 19.1. The number of Topliss-reactive ketones (excluding diaryl/α,β-unsaturated/α-hetero) is 1. The fraction of sp³-hybridized carbons (Fsp3) is 0.545. The number of thiophene rings is 1. The van der Waals surface area contributed by atoms with Gasteiger partial charge in [-0.15, -0.1) is 11.3 Å². The molecule has 3 atom stereocenters. The maximum Gasteiger partial charge on any atom is 0.420 e. The molecule has 7 nitrogen and oxygen atoms in total. The van der Waals surface area contributed by atoms with E-state index < -0.39 is 17.3 Å². The molecule has 1 amide bonds. The number of carbonyl (C=O) groups is 2. The molecule has 33 heavy (non-hydrogen) atoms. The molecule has 0 spiro atoms. The average Bonchev–Trinajstić information content (AvgIpc) is 3.40. The van der Waals surface area contributed by atoms with Crippen LogP contribution in [0.2, 0.25) is 0 Å². The molecule has 2 aromatic heterocycles. The zero-order valence-electron chi connectivity index (χ0n) is 18.3. The largest absolute Gasteiger partial charge is 0.420 e. The topological polar surface area (TPSA) is 87.2 Å². The van der Waals surface area contributed by atoms with E-state index in [1.54, 1.807) is 4.90 Å². The van der Waals surface area contributed by atoms with E-state index in [1.165, 1.54) is 6.07 Å². The predicted octanol–water partition coefficient (Wildman–Crippen LogP) is 3.67. The van der Waals surface area contributed by atoms with Gasteiger partial charge in [0.15, 0.2) is 5.78 Å². The number of anilines is 1. The van der Waals surface area contributed by atoms with E-state index in [9.17, 15) is 22.8 Å². The molecule has 5 heterocycles. The third-order valence-corrected chi connectivity index (χ3v) is 8.32. The molecule has 0 radical (unpaired) electrons. The molecule has 0 aliphatic carbocycles. The van der Waals surface area contributed by atoms with Crippen LogP contribution in [0, 0.1) is 5.92 Å². The second kappa shape index (κ2) is 7.76. The third kappa shape index (κ3) is 3.52. The van der Waals surface area contributed by atoms with Crippen molar-refractivity contribution in [3.63, 3.8) is 0 Å². The highest BCUT2D eigenvalue weighted by atomic mass is 32.1. The fourth-order valence-electron chi connectivity index (χ4n) is 5.15. The Balaban J connectivity index is 1.57. The van der Waals surface area contributed by atoms with E-state index in [1.807, 2.05) is 6.92 Å². The molecule has 2 saturated heterocycles. The number of alkyl halides is 3.